The lowest BCUT2D eigenvalue weighted by Crippen LogP contribution is -2.36. The maximum atomic E-state index is 11.9. The lowest BCUT2D eigenvalue weighted by atomic mass is 10.2. The Morgan fingerprint density at radius 3 is 2.44 bits per heavy atom. The Balaban J connectivity index is 1.83. The van der Waals surface area contributed by atoms with E-state index in [-0.39, 0.29) is 17.5 Å². The summed E-state index contributed by atoms with van der Waals surface area (Å²) in [7, 11) is 1.07. The van der Waals surface area contributed by atoms with Crippen molar-refractivity contribution in [3.8, 4) is 0 Å². The van der Waals surface area contributed by atoms with Crippen LogP contribution in [0.15, 0.2) is 30.3 Å². The molecule has 1 fully saturated rings. The fourth-order valence-electron chi connectivity index (χ4n) is 3.38. The number of benzene rings is 1. The van der Waals surface area contributed by atoms with Gasteiger partial charge in [-0.2, -0.15) is 0 Å². The van der Waals surface area contributed by atoms with E-state index in [9.17, 15) is 8.42 Å². The standard InChI is InChI=1S/C19H27N5O2S/c1-5-24(17-10-11-27(25,26)13-17)19-12-18(20-14(2)21-19)22-15-6-8-16(9-7-15)23(3)4/h6-9,12,17H,5,10-11,13H2,1-4H3,(H,20,21,22). The monoisotopic (exact) mass is 389 g/mol. The minimum Gasteiger partial charge on any atom is -0.378 e. The number of nitrogens with one attached hydrogen (secondary N) is 1. The van der Waals surface area contributed by atoms with Gasteiger partial charge in [0.25, 0.3) is 0 Å². The highest BCUT2D eigenvalue weighted by atomic mass is 32.2. The number of nitrogens with zero attached hydrogens (tertiary/aromatic N) is 4. The average molecular weight is 390 g/mol. The second-order valence-electron chi connectivity index (χ2n) is 7.07. The van der Waals surface area contributed by atoms with Gasteiger partial charge in [0.2, 0.25) is 0 Å². The summed E-state index contributed by atoms with van der Waals surface area (Å²) in [5, 5.41) is 3.32. The molecule has 27 heavy (non-hydrogen) atoms. The molecular formula is C19H27N5O2S. The number of aryl methyl sites for hydroxylation is 1. The molecule has 146 valence electrons. The Hall–Kier alpha value is -2.35. The summed E-state index contributed by atoms with van der Waals surface area (Å²) in [6, 6.07) is 9.96. The Kier molecular flexibility index (Phi) is 5.55. The first-order valence-corrected chi connectivity index (χ1v) is 11.0. The molecule has 2 aromatic rings. The van der Waals surface area contributed by atoms with Crippen molar-refractivity contribution in [3.05, 3.63) is 36.2 Å². The number of anilines is 4. The van der Waals surface area contributed by atoms with Crippen molar-refractivity contribution < 1.29 is 8.42 Å². The second-order valence-corrected chi connectivity index (χ2v) is 9.30. The topological polar surface area (TPSA) is 78.4 Å². The van der Waals surface area contributed by atoms with Crippen LogP contribution in [-0.4, -0.2) is 56.6 Å². The van der Waals surface area contributed by atoms with Crippen molar-refractivity contribution in [2.75, 3.05) is 47.3 Å². The third-order valence-corrected chi connectivity index (χ3v) is 6.52. The van der Waals surface area contributed by atoms with Crippen LogP contribution in [0, 0.1) is 6.92 Å². The number of aromatic nitrogens is 2. The molecule has 1 N–H and O–H groups in total. The quantitative estimate of drug-likeness (QED) is 0.813. The predicted octanol–water partition coefficient (Wildman–Crippen LogP) is 2.61. The summed E-state index contributed by atoms with van der Waals surface area (Å²) >= 11 is 0. The van der Waals surface area contributed by atoms with E-state index in [0.29, 0.717) is 24.6 Å². The van der Waals surface area contributed by atoms with E-state index in [1.54, 1.807) is 0 Å². The molecular weight excluding hydrogens is 362 g/mol. The average Bonchev–Trinajstić information content (AvgIpc) is 2.95. The zero-order chi connectivity index (χ0) is 19.6. The van der Waals surface area contributed by atoms with Crippen molar-refractivity contribution in [2.24, 2.45) is 0 Å². The molecule has 0 radical (unpaired) electrons. The van der Waals surface area contributed by atoms with E-state index >= 15 is 0 Å². The van der Waals surface area contributed by atoms with Crippen LogP contribution in [0.4, 0.5) is 23.0 Å². The maximum absolute atomic E-state index is 11.9. The lowest BCUT2D eigenvalue weighted by Gasteiger charge is -2.28. The summed E-state index contributed by atoms with van der Waals surface area (Å²) < 4.78 is 23.7. The van der Waals surface area contributed by atoms with Crippen molar-refractivity contribution in [3.63, 3.8) is 0 Å². The molecule has 3 rings (SSSR count). The molecule has 0 bridgehead atoms. The number of hydrogen-bond donors (Lipinski definition) is 1. The first-order chi connectivity index (χ1) is 12.8. The van der Waals surface area contributed by atoms with E-state index < -0.39 is 9.84 Å². The summed E-state index contributed by atoms with van der Waals surface area (Å²) in [4.78, 5) is 13.1. The number of sulfone groups is 1. The minimum absolute atomic E-state index is 0.0264. The first kappa shape index (κ1) is 19.4. The van der Waals surface area contributed by atoms with Gasteiger partial charge in [-0.1, -0.05) is 0 Å². The summed E-state index contributed by atoms with van der Waals surface area (Å²) in [5.74, 6) is 2.56. The molecule has 7 nitrogen and oxygen atoms in total. The molecule has 1 aromatic heterocycles. The van der Waals surface area contributed by atoms with Crippen LogP contribution in [0.5, 0.6) is 0 Å². The first-order valence-electron chi connectivity index (χ1n) is 9.14. The van der Waals surface area contributed by atoms with E-state index in [4.69, 9.17) is 0 Å². The Morgan fingerprint density at radius 2 is 1.89 bits per heavy atom. The molecule has 8 heteroatoms. The molecule has 1 aromatic carbocycles. The van der Waals surface area contributed by atoms with E-state index in [1.165, 1.54) is 0 Å². The van der Waals surface area contributed by atoms with Crippen LogP contribution in [0.3, 0.4) is 0 Å². The minimum atomic E-state index is -2.94. The van der Waals surface area contributed by atoms with Crippen LogP contribution in [0.2, 0.25) is 0 Å². The van der Waals surface area contributed by atoms with Gasteiger partial charge in [0.1, 0.15) is 17.5 Å². The van der Waals surface area contributed by atoms with Gasteiger partial charge in [-0.05, 0) is 44.5 Å². The summed E-state index contributed by atoms with van der Waals surface area (Å²) in [5.41, 5.74) is 2.07. The van der Waals surface area contributed by atoms with Crippen LogP contribution >= 0.6 is 0 Å². The summed E-state index contributed by atoms with van der Waals surface area (Å²) in [6.07, 6.45) is 0.647. The molecule has 1 aliphatic rings. The SMILES string of the molecule is CCN(c1cc(Nc2ccc(N(C)C)cc2)nc(C)n1)C1CCS(=O)(=O)C1. The van der Waals surface area contributed by atoms with Crippen molar-refractivity contribution >= 4 is 32.8 Å². The zero-order valence-corrected chi connectivity index (χ0v) is 17.1. The molecule has 0 spiro atoms. The molecule has 1 unspecified atom stereocenters. The van der Waals surface area contributed by atoms with Gasteiger partial charge in [-0.3, -0.25) is 0 Å². The largest absolute Gasteiger partial charge is 0.378 e. The molecule has 0 amide bonds. The van der Waals surface area contributed by atoms with Crippen LogP contribution in [-0.2, 0) is 9.84 Å². The van der Waals surface area contributed by atoms with Gasteiger partial charge in [-0.15, -0.1) is 0 Å². The fraction of sp³-hybridized carbons (Fsp3) is 0.474. The summed E-state index contributed by atoms with van der Waals surface area (Å²) in [6.45, 7) is 4.58. The molecule has 1 saturated heterocycles. The van der Waals surface area contributed by atoms with Gasteiger partial charge in [0, 0.05) is 44.1 Å². The zero-order valence-electron chi connectivity index (χ0n) is 16.3. The molecule has 1 atom stereocenters. The van der Waals surface area contributed by atoms with Crippen LogP contribution in [0.25, 0.3) is 0 Å². The third-order valence-electron chi connectivity index (χ3n) is 4.76. The molecule has 2 heterocycles. The van der Waals surface area contributed by atoms with Crippen LogP contribution < -0.4 is 15.1 Å². The van der Waals surface area contributed by atoms with Crippen LogP contribution in [0.1, 0.15) is 19.2 Å². The molecule has 0 saturated carbocycles. The second kappa shape index (κ2) is 7.72. The van der Waals surface area contributed by atoms with Gasteiger partial charge in [-0.25, -0.2) is 18.4 Å². The van der Waals surface area contributed by atoms with Crippen molar-refractivity contribution in [2.45, 2.75) is 26.3 Å². The van der Waals surface area contributed by atoms with E-state index in [0.717, 1.165) is 17.2 Å². The Bertz CT molecular complexity index is 897. The van der Waals surface area contributed by atoms with Gasteiger partial charge >= 0.3 is 0 Å². The normalized spacial score (nSPS) is 18.3. The maximum Gasteiger partial charge on any atom is 0.152 e. The van der Waals surface area contributed by atoms with E-state index in [1.807, 2.05) is 63.2 Å². The number of rotatable bonds is 6. The highest BCUT2D eigenvalue weighted by Crippen LogP contribution is 2.26. The smallest absolute Gasteiger partial charge is 0.152 e. The Morgan fingerprint density at radius 1 is 1.19 bits per heavy atom. The van der Waals surface area contributed by atoms with Gasteiger partial charge in [0.05, 0.1) is 11.5 Å². The molecule has 1 aliphatic heterocycles. The predicted molar refractivity (Wildman–Crippen MR) is 111 cm³/mol. The fourth-order valence-corrected chi connectivity index (χ4v) is 5.11. The van der Waals surface area contributed by atoms with E-state index in [2.05, 4.69) is 20.2 Å². The Labute approximate surface area is 161 Å². The van der Waals surface area contributed by atoms with Gasteiger partial charge in [0.15, 0.2) is 9.84 Å². The number of hydrogen-bond acceptors (Lipinski definition) is 7. The van der Waals surface area contributed by atoms with Crippen molar-refractivity contribution in [1.29, 1.82) is 0 Å². The highest BCUT2D eigenvalue weighted by molar-refractivity contribution is 7.91. The lowest BCUT2D eigenvalue weighted by molar-refractivity contribution is 0.599. The van der Waals surface area contributed by atoms with Gasteiger partial charge < -0.3 is 15.1 Å². The third kappa shape index (κ3) is 4.68. The highest BCUT2D eigenvalue weighted by Gasteiger charge is 2.32. The molecule has 0 aliphatic carbocycles. The van der Waals surface area contributed by atoms with Crippen molar-refractivity contribution in [1.82, 2.24) is 9.97 Å².